The van der Waals surface area contributed by atoms with Crippen LogP contribution in [-0.4, -0.2) is 25.5 Å². The van der Waals surface area contributed by atoms with Crippen LogP contribution in [0.2, 0.25) is 0 Å². The van der Waals surface area contributed by atoms with Crippen LogP contribution < -0.4 is 4.72 Å². The molecular weight excluding hydrogens is 266 g/mol. The maximum absolute atomic E-state index is 12.2. The second kappa shape index (κ2) is 4.94. The van der Waals surface area contributed by atoms with Gasteiger partial charge in [-0.1, -0.05) is 12.5 Å². The smallest absolute Gasteiger partial charge is 0.335 e. The van der Waals surface area contributed by atoms with E-state index in [1.54, 1.807) is 19.9 Å². The Labute approximate surface area is 112 Å². The number of hydrogen-bond acceptors (Lipinski definition) is 3. The van der Waals surface area contributed by atoms with Gasteiger partial charge in [-0.25, -0.2) is 17.9 Å². The van der Waals surface area contributed by atoms with Crippen molar-refractivity contribution in [3.63, 3.8) is 0 Å². The summed E-state index contributed by atoms with van der Waals surface area (Å²) in [7, 11) is -3.64. The first-order valence-electron chi connectivity index (χ1n) is 6.18. The summed E-state index contributed by atoms with van der Waals surface area (Å²) in [5.74, 6) is -1.11. The Morgan fingerprint density at radius 3 is 2.37 bits per heavy atom. The van der Waals surface area contributed by atoms with Gasteiger partial charge in [0.15, 0.2) is 0 Å². The first-order chi connectivity index (χ1) is 8.81. The number of hydrogen-bond donors (Lipinski definition) is 2. The molecule has 1 aliphatic carbocycles. The van der Waals surface area contributed by atoms with Crippen LogP contribution in [0, 0.1) is 13.8 Å². The van der Waals surface area contributed by atoms with E-state index in [0.717, 1.165) is 19.3 Å². The van der Waals surface area contributed by atoms with E-state index < -0.39 is 16.0 Å². The van der Waals surface area contributed by atoms with Crippen LogP contribution in [0.25, 0.3) is 0 Å². The molecule has 1 aliphatic rings. The lowest BCUT2D eigenvalue weighted by molar-refractivity contribution is 0.0696. The predicted molar refractivity (Wildman–Crippen MR) is 70.8 cm³/mol. The van der Waals surface area contributed by atoms with Crippen molar-refractivity contribution in [1.82, 2.24) is 4.72 Å². The van der Waals surface area contributed by atoms with E-state index in [0.29, 0.717) is 11.1 Å². The molecule has 0 aliphatic heterocycles. The fourth-order valence-corrected chi connectivity index (χ4v) is 3.72. The standard InChI is InChI=1S/C13H17NO4S/c1-8-6-9(2)12(7-11(8)13(15)16)19(17,18)14-10-4-3-5-10/h6-7,10,14H,3-5H2,1-2H3,(H,15,16). The van der Waals surface area contributed by atoms with Gasteiger partial charge in [0, 0.05) is 6.04 Å². The van der Waals surface area contributed by atoms with Crippen molar-refractivity contribution < 1.29 is 18.3 Å². The molecule has 0 saturated heterocycles. The second-order valence-corrected chi connectivity index (χ2v) is 6.67. The lowest BCUT2D eigenvalue weighted by Gasteiger charge is -2.26. The van der Waals surface area contributed by atoms with Gasteiger partial charge in [-0.3, -0.25) is 0 Å². The number of carboxylic acid groups (broad SMARTS) is 1. The molecule has 1 saturated carbocycles. The minimum Gasteiger partial charge on any atom is -0.478 e. The van der Waals surface area contributed by atoms with Crippen molar-refractivity contribution >= 4 is 16.0 Å². The molecule has 19 heavy (non-hydrogen) atoms. The van der Waals surface area contributed by atoms with Crippen LogP contribution in [0.5, 0.6) is 0 Å². The molecule has 104 valence electrons. The highest BCUT2D eigenvalue weighted by Gasteiger charge is 2.26. The zero-order valence-electron chi connectivity index (χ0n) is 10.9. The topological polar surface area (TPSA) is 83.5 Å². The van der Waals surface area contributed by atoms with E-state index in [2.05, 4.69) is 4.72 Å². The number of rotatable bonds is 4. The highest BCUT2D eigenvalue weighted by Crippen LogP contribution is 2.24. The first-order valence-corrected chi connectivity index (χ1v) is 7.66. The number of benzene rings is 1. The molecule has 0 heterocycles. The molecule has 0 amide bonds. The number of nitrogens with one attached hydrogen (secondary N) is 1. The number of aromatic carboxylic acids is 1. The maximum Gasteiger partial charge on any atom is 0.335 e. The third-order valence-electron chi connectivity index (χ3n) is 3.47. The summed E-state index contributed by atoms with van der Waals surface area (Å²) in [5, 5.41) is 9.07. The quantitative estimate of drug-likeness (QED) is 0.883. The highest BCUT2D eigenvalue weighted by molar-refractivity contribution is 7.89. The average Bonchev–Trinajstić information content (AvgIpc) is 2.22. The van der Waals surface area contributed by atoms with Gasteiger partial charge in [-0.05, 0) is 43.9 Å². The molecule has 5 nitrogen and oxygen atoms in total. The molecule has 6 heteroatoms. The van der Waals surface area contributed by atoms with Crippen molar-refractivity contribution in [2.45, 2.75) is 44.0 Å². The first kappa shape index (κ1) is 14.0. The van der Waals surface area contributed by atoms with Crippen LogP contribution in [0.15, 0.2) is 17.0 Å². The summed E-state index contributed by atoms with van der Waals surface area (Å²) in [5.41, 5.74) is 1.15. The van der Waals surface area contributed by atoms with Gasteiger partial charge < -0.3 is 5.11 Å². The normalized spacial score (nSPS) is 16.1. The Kier molecular flexibility index (Phi) is 3.64. The van der Waals surface area contributed by atoms with Crippen molar-refractivity contribution in [2.75, 3.05) is 0 Å². The predicted octanol–water partition coefficient (Wildman–Crippen LogP) is 1.83. The number of carboxylic acids is 1. The molecule has 1 aromatic rings. The van der Waals surface area contributed by atoms with Gasteiger partial charge in [-0.2, -0.15) is 0 Å². The Bertz CT molecular complexity index is 618. The molecule has 2 rings (SSSR count). The molecule has 2 N–H and O–H groups in total. The van der Waals surface area contributed by atoms with Crippen LogP contribution in [-0.2, 0) is 10.0 Å². The van der Waals surface area contributed by atoms with Gasteiger partial charge in [-0.15, -0.1) is 0 Å². The van der Waals surface area contributed by atoms with E-state index >= 15 is 0 Å². The van der Waals surface area contributed by atoms with Crippen molar-refractivity contribution in [3.05, 3.63) is 28.8 Å². The number of sulfonamides is 1. The average molecular weight is 283 g/mol. The molecule has 1 fully saturated rings. The third-order valence-corrected chi connectivity index (χ3v) is 5.13. The van der Waals surface area contributed by atoms with E-state index in [1.165, 1.54) is 6.07 Å². The molecular formula is C13H17NO4S. The van der Waals surface area contributed by atoms with Gasteiger partial charge in [0.2, 0.25) is 10.0 Å². The van der Waals surface area contributed by atoms with Gasteiger partial charge in [0.1, 0.15) is 0 Å². The fourth-order valence-electron chi connectivity index (χ4n) is 2.16. The zero-order valence-corrected chi connectivity index (χ0v) is 11.8. The fraction of sp³-hybridized carbons (Fsp3) is 0.462. The summed E-state index contributed by atoms with van der Waals surface area (Å²) >= 11 is 0. The Morgan fingerprint density at radius 1 is 1.26 bits per heavy atom. The largest absolute Gasteiger partial charge is 0.478 e. The molecule has 0 unspecified atom stereocenters. The van der Waals surface area contributed by atoms with Crippen molar-refractivity contribution in [1.29, 1.82) is 0 Å². The summed E-state index contributed by atoms with van der Waals surface area (Å²) in [6.07, 6.45) is 2.71. The highest BCUT2D eigenvalue weighted by atomic mass is 32.2. The van der Waals surface area contributed by atoms with E-state index in [-0.39, 0.29) is 16.5 Å². The van der Waals surface area contributed by atoms with Crippen LogP contribution in [0.4, 0.5) is 0 Å². The molecule has 0 spiro atoms. The van der Waals surface area contributed by atoms with E-state index in [1.807, 2.05) is 0 Å². The molecule has 0 radical (unpaired) electrons. The number of carbonyl (C=O) groups is 1. The Balaban J connectivity index is 2.43. The van der Waals surface area contributed by atoms with Crippen LogP contribution >= 0.6 is 0 Å². The lowest BCUT2D eigenvalue weighted by atomic mass is 9.94. The van der Waals surface area contributed by atoms with Crippen LogP contribution in [0.3, 0.4) is 0 Å². The minimum atomic E-state index is -3.64. The minimum absolute atomic E-state index is 0.0148. The maximum atomic E-state index is 12.2. The van der Waals surface area contributed by atoms with Crippen LogP contribution in [0.1, 0.15) is 40.7 Å². The summed E-state index contributed by atoms with van der Waals surface area (Å²) in [6.45, 7) is 3.33. The molecule has 0 aromatic heterocycles. The summed E-state index contributed by atoms with van der Waals surface area (Å²) in [6, 6.07) is 2.83. The molecule has 1 aromatic carbocycles. The van der Waals surface area contributed by atoms with Gasteiger partial charge in [0.05, 0.1) is 10.5 Å². The SMILES string of the molecule is Cc1cc(C)c(S(=O)(=O)NC2CCC2)cc1C(=O)O. The van der Waals surface area contributed by atoms with E-state index in [9.17, 15) is 13.2 Å². The Morgan fingerprint density at radius 2 is 1.89 bits per heavy atom. The molecule has 0 bridgehead atoms. The zero-order chi connectivity index (χ0) is 14.2. The van der Waals surface area contributed by atoms with Crippen molar-refractivity contribution in [2.24, 2.45) is 0 Å². The monoisotopic (exact) mass is 283 g/mol. The third kappa shape index (κ3) is 2.79. The second-order valence-electron chi connectivity index (χ2n) is 4.99. The molecule has 0 atom stereocenters. The summed E-state index contributed by atoms with van der Waals surface area (Å²) in [4.78, 5) is 11.1. The Hall–Kier alpha value is -1.40. The van der Waals surface area contributed by atoms with Gasteiger partial charge >= 0.3 is 5.97 Å². The number of aryl methyl sites for hydroxylation is 2. The van der Waals surface area contributed by atoms with Gasteiger partial charge in [0.25, 0.3) is 0 Å². The summed E-state index contributed by atoms with van der Waals surface area (Å²) < 4.78 is 27.1. The van der Waals surface area contributed by atoms with E-state index in [4.69, 9.17) is 5.11 Å². The lowest BCUT2D eigenvalue weighted by Crippen LogP contribution is -2.39. The van der Waals surface area contributed by atoms with Crippen molar-refractivity contribution in [3.8, 4) is 0 Å².